The molecule has 0 fully saturated rings. The Kier molecular flexibility index (Phi) is 5.31. The average molecular weight is 351 g/mol. The first kappa shape index (κ1) is 15.9. The quantitative estimate of drug-likeness (QED) is 0.733. The molecule has 1 aromatic heterocycles. The molecular weight excluding hydrogens is 332 g/mol. The predicted octanol–water partition coefficient (Wildman–Crippen LogP) is 4.19. The zero-order chi connectivity index (χ0) is 15.4. The van der Waals surface area contributed by atoms with Crippen LogP contribution in [-0.4, -0.2) is 22.2 Å². The molecule has 0 N–H and O–H groups in total. The molecule has 0 saturated carbocycles. The van der Waals surface area contributed by atoms with E-state index in [0.29, 0.717) is 16.8 Å². The van der Waals surface area contributed by atoms with Gasteiger partial charge in [-0.15, -0.1) is 0 Å². The van der Waals surface area contributed by atoms with Crippen LogP contribution >= 0.6 is 15.9 Å². The van der Waals surface area contributed by atoms with Gasteiger partial charge in [-0.05, 0) is 42.3 Å². The topological polar surface area (TPSA) is 44.1 Å². The van der Waals surface area contributed by atoms with Gasteiger partial charge in [-0.1, -0.05) is 30.3 Å². The van der Waals surface area contributed by atoms with Crippen molar-refractivity contribution >= 4 is 21.7 Å². The molecular formula is C16H19BrN2O2. The fraction of sp³-hybridized carbons (Fsp3) is 0.375. The normalized spacial score (nSPS) is 12.6. The highest BCUT2D eigenvalue weighted by molar-refractivity contribution is 9.10. The maximum Gasteiger partial charge on any atom is 0.215 e. The van der Waals surface area contributed by atoms with E-state index in [1.165, 1.54) is 0 Å². The Balaban J connectivity index is 2.42. The Hall–Kier alpha value is -1.46. The lowest BCUT2D eigenvalue weighted by Gasteiger charge is -2.18. The van der Waals surface area contributed by atoms with Gasteiger partial charge in [0.1, 0.15) is 11.8 Å². The van der Waals surface area contributed by atoms with Gasteiger partial charge in [-0.25, -0.2) is 0 Å². The zero-order valence-electron chi connectivity index (χ0n) is 12.4. The molecule has 1 heterocycles. The van der Waals surface area contributed by atoms with Gasteiger partial charge in [0, 0.05) is 12.6 Å². The molecule has 1 atom stereocenters. The maximum atomic E-state index is 12.9. The summed E-state index contributed by atoms with van der Waals surface area (Å²) in [5, 5.41) is 4.27. The summed E-state index contributed by atoms with van der Waals surface area (Å²) in [6.07, 6.45) is 1.04. The monoisotopic (exact) mass is 350 g/mol. The molecule has 21 heavy (non-hydrogen) atoms. The highest BCUT2D eigenvalue weighted by Gasteiger charge is 2.28. The second-order valence-electron chi connectivity index (χ2n) is 4.99. The van der Waals surface area contributed by atoms with Crippen molar-refractivity contribution in [1.29, 1.82) is 0 Å². The number of hydrogen-bond acceptors (Lipinski definition) is 3. The van der Waals surface area contributed by atoms with Gasteiger partial charge in [0.05, 0.1) is 10.7 Å². The van der Waals surface area contributed by atoms with Crippen LogP contribution < -0.4 is 0 Å². The van der Waals surface area contributed by atoms with E-state index in [2.05, 4.69) is 21.0 Å². The summed E-state index contributed by atoms with van der Waals surface area (Å²) >= 11 is 3.42. The van der Waals surface area contributed by atoms with Crippen LogP contribution in [0.15, 0.2) is 41.0 Å². The molecule has 2 rings (SSSR count). The van der Waals surface area contributed by atoms with E-state index < -0.39 is 6.10 Å². The Morgan fingerprint density at radius 3 is 2.57 bits per heavy atom. The Labute approximate surface area is 133 Å². The van der Waals surface area contributed by atoms with Crippen molar-refractivity contribution in [3.8, 4) is 0 Å². The van der Waals surface area contributed by atoms with E-state index >= 15 is 0 Å². The minimum atomic E-state index is -0.610. The third kappa shape index (κ3) is 3.41. The van der Waals surface area contributed by atoms with Crippen LogP contribution in [0.1, 0.15) is 49.0 Å². The Morgan fingerprint density at radius 2 is 2.00 bits per heavy atom. The molecule has 0 bridgehead atoms. The lowest BCUT2D eigenvalue weighted by atomic mass is 10.0. The smallest absolute Gasteiger partial charge is 0.215 e. The van der Waals surface area contributed by atoms with Crippen LogP contribution in [-0.2, 0) is 4.74 Å². The molecule has 0 aliphatic heterocycles. The number of Topliss-reactive ketones (excluding diaryl/α,β-unsaturated/α-hetero) is 1. The molecule has 2 aromatic rings. The van der Waals surface area contributed by atoms with Gasteiger partial charge in [-0.3, -0.25) is 9.48 Å². The number of carbonyl (C=O) groups excluding carboxylic acids is 1. The summed E-state index contributed by atoms with van der Waals surface area (Å²) in [7, 11) is 0. The number of halogens is 1. The van der Waals surface area contributed by atoms with Crippen molar-refractivity contribution in [3.63, 3.8) is 0 Å². The SMILES string of the molecule is CCOC(C(=O)c1c(Br)cnn1C(C)C)c1ccccc1. The number of ether oxygens (including phenoxy) is 1. The number of hydrogen-bond donors (Lipinski definition) is 0. The molecule has 4 nitrogen and oxygen atoms in total. The highest BCUT2D eigenvalue weighted by atomic mass is 79.9. The van der Waals surface area contributed by atoms with Gasteiger partial charge < -0.3 is 4.74 Å². The summed E-state index contributed by atoms with van der Waals surface area (Å²) in [4.78, 5) is 12.9. The van der Waals surface area contributed by atoms with Crippen molar-refractivity contribution in [3.05, 3.63) is 52.3 Å². The van der Waals surface area contributed by atoms with Crippen LogP contribution in [0, 0.1) is 0 Å². The fourth-order valence-electron chi connectivity index (χ4n) is 2.21. The molecule has 0 spiro atoms. The first-order valence-electron chi connectivity index (χ1n) is 7.00. The molecule has 0 aliphatic rings. The van der Waals surface area contributed by atoms with Gasteiger partial charge >= 0.3 is 0 Å². The van der Waals surface area contributed by atoms with Crippen LogP contribution in [0.2, 0.25) is 0 Å². The Bertz CT molecular complexity index is 608. The number of nitrogens with zero attached hydrogens (tertiary/aromatic N) is 2. The molecule has 1 aromatic carbocycles. The summed E-state index contributed by atoms with van der Waals surface area (Å²) in [6.45, 7) is 6.35. The second-order valence-corrected chi connectivity index (χ2v) is 5.84. The van der Waals surface area contributed by atoms with E-state index in [1.54, 1.807) is 10.9 Å². The van der Waals surface area contributed by atoms with E-state index in [1.807, 2.05) is 51.1 Å². The minimum absolute atomic E-state index is 0.0823. The molecule has 0 saturated heterocycles. The summed E-state index contributed by atoms with van der Waals surface area (Å²) in [5.41, 5.74) is 1.40. The first-order chi connectivity index (χ1) is 10.1. The maximum absolute atomic E-state index is 12.9. The molecule has 0 aliphatic carbocycles. The van der Waals surface area contributed by atoms with Gasteiger partial charge in [0.2, 0.25) is 5.78 Å². The number of rotatable bonds is 6. The number of ketones is 1. The number of aromatic nitrogens is 2. The summed E-state index contributed by atoms with van der Waals surface area (Å²) in [5.74, 6) is -0.0823. The van der Waals surface area contributed by atoms with Crippen LogP contribution in [0.4, 0.5) is 0 Å². The second kappa shape index (κ2) is 7.00. The van der Waals surface area contributed by atoms with E-state index in [4.69, 9.17) is 4.74 Å². The van der Waals surface area contributed by atoms with Gasteiger partial charge in [0.25, 0.3) is 0 Å². The lowest BCUT2D eigenvalue weighted by Crippen LogP contribution is -2.21. The van der Waals surface area contributed by atoms with Crippen LogP contribution in [0.3, 0.4) is 0 Å². The van der Waals surface area contributed by atoms with Gasteiger partial charge in [0.15, 0.2) is 0 Å². The third-order valence-electron chi connectivity index (χ3n) is 3.15. The number of benzene rings is 1. The van der Waals surface area contributed by atoms with E-state index in [9.17, 15) is 4.79 Å². The van der Waals surface area contributed by atoms with Crippen molar-refractivity contribution in [2.75, 3.05) is 6.61 Å². The molecule has 0 amide bonds. The Morgan fingerprint density at radius 1 is 1.33 bits per heavy atom. The highest BCUT2D eigenvalue weighted by Crippen LogP contribution is 2.28. The van der Waals surface area contributed by atoms with E-state index in [0.717, 1.165) is 5.56 Å². The van der Waals surface area contributed by atoms with Crippen molar-refractivity contribution in [2.45, 2.75) is 32.9 Å². The lowest BCUT2D eigenvalue weighted by molar-refractivity contribution is 0.0440. The van der Waals surface area contributed by atoms with Crippen LogP contribution in [0.5, 0.6) is 0 Å². The minimum Gasteiger partial charge on any atom is -0.366 e. The van der Waals surface area contributed by atoms with Gasteiger partial charge in [-0.2, -0.15) is 5.10 Å². The first-order valence-corrected chi connectivity index (χ1v) is 7.79. The molecule has 5 heteroatoms. The molecule has 112 valence electrons. The van der Waals surface area contributed by atoms with E-state index in [-0.39, 0.29) is 11.8 Å². The molecule has 0 radical (unpaired) electrons. The number of carbonyl (C=O) groups is 1. The standard InChI is InChI=1S/C16H19BrN2O2/c1-4-21-16(12-8-6-5-7-9-12)15(20)14-13(17)10-18-19(14)11(2)3/h5-11,16H,4H2,1-3H3. The third-order valence-corrected chi connectivity index (χ3v) is 3.73. The predicted molar refractivity (Wildman–Crippen MR) is 85.5 cm³/mol. The summed E-state index contributed by atoms with van der Waals surface area (Å²) in [6, 6.07) is 9.65. The largest absolute Gasteiger partial charge is 0.366 e. The van der Waals surface area contributed by atoms with Crippen molar-refractivity contribution in [2.24, 2.45) is 0 Å². The van der Waals surface area contributed by atoms with Crippen molar-refractivity contribution in [1.82, 2.24) is 9.78 Å². The zero-order valence-corrected chi connectivity index (χ0v) is 14.0. The average Bonchev–Trinajstić information content (AvgIpc) is 2.87. The fourth-order valence-corrected chi connectivity index (χ4v) is 2.67. The molecule has 1 unspecified atom stereocenters. The summed E-state index contributed by atoms with van der Waals surface area (Å²) < 4.78 is 8.11. The van der Waals surface area contributed by atoms with Crippen molar-refractivity contribution < 1.29 is 9.53 Å². The van der Waals surface area contributed by atoms with Crippen LogP contribution in [0.25, 0.3) is 0 Å².